The fraction of sp³-hybridized carbons (Fsp3) is 0.538. The van der Waals surface area contributed by atoms with Crippen molar-refractivity contribution in [3.63, 3.8) is 0 Å². The lowest BCUT2D eigenvalue weighted by Gasteiger charge is -2.20. The molecule has 0 saturated carbocycles. The Balaban J connectivity index is 3.01. The van der Waals surface area contributed by atoms with Crippen LogP contribution in [-0.2, 0) is 11.8 Å². The monoisotopic (exact) mass is 230 g/mol. The molecule has 0 unspecified atom stereocenters. The van der Waals surface area contributed by atoms with E-state index < -0.39 is 12.6 Å². The molecule has 0 amide bonds. The van der Waals surface area contributed by atoms with Crippen molar-refractivity contribution >= 4 is 0 Å². The standard InChI is InChI=1S/C13H17F3/c1-9-7-11(12(2,3)4)6-5-10(9)8-13(14,15)16/h5-7H,8H2,1-4H3. The number of benzene rings is 1. The molecule has 0 atom stereocenters. The number of halogens is 3. The van der Waals surface area contributed by atoms with Gasteiger partial charge in [0.2, 0.25) is 0 Å². The minimum absolute atomic E-state index is 0.0263. The highest BCUT2D eigenvalue weighted by atomic mass is 19.4. The Bertz CT molecular complexity index is 370. The number of alkyl halides is 3. The Hall–Kier alpha value is -0.990. The summed E-state index contributed by atoms with van der Waals surface area (Å²) in [5, 5.41) is 0. The Morgan fingerprint density at radius 3 is 2.00 bits per heavy atom. The summed E-state index contributed by atoms with van der Waals surface area (Å²) in [6, 6.07) is 5.22. The number of hydrogen-bond acceptors (Lipinski definition) is 0. The van der Waals surface area contributed by atoms with Gasteiger partial charge >= 0.3 is 6.18 Å². The molecular formula is C13H17F3. The third-order valence-corrected chi connectivity index (χ3v) is 2.60. The molecule has 0 nitrogen and oxygen atoms in total. The summed E-state index contributed by atoms with van der Waals surface area (Å²) in [6.07, 6.45) is -4.97. The minimum atomic E-state index is -4.13. The second-order valence-corrected chi connectivity index (χ2v) is 5.18. The van der Waals surface area contributed by atoms with Gasteiger partial charge < -0.3 is 0 Å². The quantitative estimate of drug-likeness (QED) is 0.671. The third-order valence-electron chi connectivity index (χ3n) is 2.60. The van der Waals surface area contributed by atoms with Crippen molar-refractivity contribution in [3.05, 3.63) is 34.9 Å². The van der Waals surface area contributed by atoms with Crippen LogP contribution in [0, 0.1) is 6.92 Å². The lowest BCUT2D eigenvalue weighted by Crippen LogP contribution is -2.15. The second kappa shape index (κ2) is 4.11. The molecule has 0 radical (unpaired) electrons. The molecule has 3 heteroatoms. The van der Waals surface area contributed by atoms with Crippen molar-refractivity contribution in [1.82, 2.24) is 0 Å². The molecular weight excluding hydrogens is 213 g/mol. The summed E-state index contributed by atoms with van der Waals surface area (Å²) in [5.74, 6) is 0. The number of hydrogen-bond donors (Lipinski definition) is 0. The van der Waals surface area contributed by atoms with Crippen LogP contribution in [0.3, 0.4) is 0 Å². The van der Waals surface area contributed by atoms with Crippen LogP contribution in [-0.4, -0.2) is 6.18 Å². The predicted molar refractivity (Wildman–Crippen MR) is 59.6 cm³/mol. The van der Waals surface area contributed by atoms with Gasteiger partial charge in [-0.05, 0) is 29.0 Å². The third kappa shape index (κ3) is 3.54. The highest BCUT2D eigenvalue weighted by Gasteiger charge is 2.28. The Morgan fingerprint density at radius 2 is 1.62 bits per heavy atom. The zero-order valence-corrected chi connectivity index (χ0v) is 10.1. The molecule has 0 saturated heterocycles. The van der Waals surface area contributed by atoms with Crippen LogP contribution in [0.5, 0.6) is 0 Å². The van der Waals surface area contributed by atoms with E-state index in [2.05, 4.69) is 0 Å². The van der Waals surface area contributed by atoms with Crippen LogP contribution in [0.1, 0.15) is 37.5 Å². The average molecular weight is 230 g/mol. The molecule has 0 N–H and O–H groups in total. The van der Waals surface area contributed by atoms with E-state index in [9.17, 15) is 13.2 Å². The normalized spacial score (nSPS) is 12.9. The van der Waals surface area contributed by atoms with Crippen molar-refractivity contribution in [2.45, 2.75) is 45.7 Å². The fourth-order valence-electron chi connectivity index (χ4n) is 1.58. The van der Waals surface area contributed by atoms with Crippen LogP contribution >= 0.6 is 0 Å². The first-order chi connectivity index (χ1) is 7.09. The molecule has 0 spiro atoms. The summed E-state index contributed by atoms with van der Waals surface area (Å²) >= 11 is 0. The van der Waals surface area contributed by atoms with Gasteiger partial charge in [-0.1, -0.05) is 39.0 Å². The summed E-state index contributed by atoms with van der Waals surface area (Å²) in [5.41, 5.74) is 2.11. The van der Waals surface area contributed by atoms with Crippen LogP contribution in [0.2, 0.25) is 0 Å². The number of rotatable bonds is 1. The van der Waals surface area contributed by atoms with Gasteiger partial charge in [0.1, 0.15) is 0 Å². The summed E-state index contributed by atoms with van der Waals surface area (Å²) in [6.45, 7) is 7.87. The van der Waals surface area contributed by atoms with Gasteiger partial charge in [-0.3, -0.25) is 0 Å². The van der Waals surface area contributed by atoms with Crippen LogP contribution in [0.15, 0.2) is 18.2 Å². The maximum atomic E-state index is 12.3. The molecule has 0 heterocycles. The van der Waals surface area contributed by atoms with E-state index in [1.165, 1.54) is 0 Å². The molecule has 0 aliphatic carbocycles. The minimum Gasteiger partial charge on any atom is -0.171 e. The van der Waals surface area contributed by atoms with Crippen molar-refractivity contribution in [1.29, 1.82) is 0 Å². The molecule has 0 aliphatic rings. The van der Waals surface area contributed by atoms with Crippen molar-refractivity contribution in [2.75, 3.05) is 0 Å². The Morgan fingerprint density at radius 1 is 1.06 bits per heavy atom. The lowest BCUT2D eigenvalue weighted by molar-refractivity contribution is -0.127. The Kier molecular flexibility index (Phi) is 3.36. The molecule has 0 bridgehead atoms. The summed E-state index contributed by atoms with van der Waals surface area (Å²) < 4.78 is 36.8. The van der Waals surface area contributed by atoms with Crippen molar-refractivity contribution < 1.29 is 13.2 Å². The molecule has 1 rings (SSSR count). The van der Waals surface area contributed by atoms with Gasteiger partial charge in [-0.15, -0.1) is 0 Å². The Labute approximate surface area is 94.5 Å². The highest BCUT2D eigenvalue weighted by Crippen LogP contribution is 2.27. The largest absolute Gasteiger partial charge is 0.393 e. The van der Waals surface area contributed by atoms with Gasteiger partial charge in [0.05, 0.1) is 6.42 Å². The van der Waals surface area contributed by atoms with E-state index in [0.717, 1.165) is 5.56 Å². The maximum Gasteiger partial charge on any atom is 0.393 e. The van der Waals surface area contributed by atoms with E-state index in [1.54, 1.807) is 19.1 Å². The van der Waals surface area contributed by atoms with E-state index in [-0.39, 0.29) is 5.41 Å². The zero-order chi connectivity index (χ0) is 12.6. The maximum absolute atomic E-state index is 12.3. The van der Waals surface area contributed by atoms with Crippen LogP contribution in [0.4, 0.5) is 13.2 Å². The molecule has 0 aliphatic heterocycles. The predicted octanol–water partition coefficient (Wildman–Crippen LogP) is 4.40. The molecule has 1 aromatic rings. The van der Waals surface area contributed by atoms with Crippen LogP contribution < -0.4 is 0 Å². The second-order valence-electron chi connectivity index (χ2n) is 5.18. The SMILES string of the molecule is Cc1cc(C(C)(C)C)ccc1CC(F)(F)F. The van der Waals surface area contributed by atoms with Gasteiger partial charge in [-0.2, -0.15) is 13.2 Å². The van der Waals surface area contributed by atoms with Gasteiger partial charge in [0, 0.05) is 0 Å². The smallest absolute Gasteiger partial charge is 0.171 e. The van der Waals surface area contributed by atoms with Crippen molar-refractivity contribution in [2.24, 2.45) is 0 Å². The first kappa shape index (κ1) is 13.1. The first-order valence-corrected chi connectivity index (χ1v) is 5.26. The lowest BCUT2D eigenvalue weighted by atomic mass is 9.85. The first-order valence-electron chi connectivity index (χ1n) is 5.26. The van der Waals surface area contributed by atoms with Crippen LogP contribution in [0.25, 0.3) is 0 Å². The van der Waals surface area contributed by atoms with E-state index in [4.69, 9.17) is 0 Å². The molecule has 1 aromatic carbocycles. The summed E-state index contributed by atoms with van der Waals surface area (Å²) in [4.78, 5) is 0. The van der Waals surface area contributed by atoms with Crippen molar-refractivity contribution in [3.8, 4) is 0 Å². The van der Waals surface area contributed by atoms with Gasteiger partial charge in [0.25, 0.3) is 0 Å². The van der Waals surface area contributed by atoms with Gasteiger partial charge in [-0.25, -0.2) is 0 Å². The van der Waals surface area contributed by atoms with E-state index >= 15 is 0 Å². The molecule has 16 heavy (non-hydrogen) atoms. The van der Waals surface area contributed by atoms with E-state index in [1.807, 2.05) is 26.8 Å². The van der Waals surface area contributed by atoms with Gasteiger partial charge in [0.15, 0.2) is 0 Å². The highest BCUT2D eigenvalue weighted by molar-refractivity contribution is 5.34. The molecule has 0 aromatic heterocycles. The van der Waals surface area contributed by atoms with E-state index in [0.29, 0.717) is 11.1 Å². The molecule has 0 fully saturated rings. The average Bonchev–Trinajstić information content (AvgIpc) is 2.04. The fourth-order valence-corrected chi connectivity index (χ4v) is 1.58. The number of aryl methyl sites for hydroxylation is 1. The topological polar surface area (TPSA) is 0 Å². The summed E-state index contributed by atoms with van der Waals surface area (Å²) in [7, 11) is 0. The molecule has 90 valence electrons. The zero-order valence-electron chi connectivity index (χ0n) is 10.1.